The van der Waals surface area contributed by atoms with Gasteiger partial charge in [0, 0.05) is 30.7 Å². The summed E-state index contributed by atoms with van der Waals surface area (Å²) in [5.74, 6) is -1.97. The van der Waals surface area contributed by atoms with Crippen LogP contribution >= 0.6 is 0 Å². The van der Waals surface area contributed by atoms with Gasteiger partial charge in [-0.15, -0.1) is 0 Å². The fraction of sp³-hybridized carbons (Fsp3) is 0.571. The van der Waals surface area contributed by atoms with E-state index in [2.05, 4.69) is 0 Å². The van der Waals surface area contributed by atoms with Gasteiger partial charge in [-0.2, -0.15) is 0 Å². The first-order valence-electron chi connectivity index (χ1n) is 6.39. The third-order valence-electron chi connectivity index (χ3n) is 4.35. The summed E-state index contributed by atoms with van der Waals surface area (Å²) in [6, 6.07) is 3.84. The van der Waals surface area contributed by atoms with Gasteiger partial charge in [0.05, 0.1) is 5.60 Å². The molecule has 2 rings (SSSR count). The SMILES string of the molecule is CC(O)(c1cccc(F)c1F)C1(CN)CCOCC1. The van der Waals surface area contributed by atoms with Crippen LogP contribution < -0.4 is 5.73 Å². The number of halogens is 2. The van der Waals surface area contributed by atoms with E-state index in [0.29, 0.717) is 26.1 Å². The first kappa shape index (κ1) is 14.4. The van der Waals surface area contributed by atoms with Crippen molar-refractivity contribution in [2.75, 3.05) is 19.8 Å². The third-order valence-corrected chi connectivity index (χ3v) is 4.35. The van der Waals surface area contributed by atoms with Gasteiger partial charge in [0.1, 0.15) is 0 Å². The second-order valence-electron chi connectivity index (χ2n) is 5.27. The quantitative estimate of drug-likeness (QED) is 0.883. The Bertz CT molecular complexity index is 457. The summed E-state index contributed by atoms with van der Waals surface area (Å²) in [4.78, 5) is 0. The molecule has 3 N–H and O–H groups in total. The molecule has 1 atom stereocenters. The van der Waals surface area contributed by atoms with Gasteiger partial charge in [-0.25, -0.2) is 8.78 Å². The molecule has 1 aromatic rings. The molecule has 3 nitrogen and oxygen atoms in total. The second-order valence-corrected chi connectivity index (χ2v) is 5.27. The molecule has 0 radical (unpaired) electrons. The Hall–Kier alpha value is -1.04. The summed E-state index contributed by atoms with van der Waals surface area (Å²) >= 11 is 0. The van der Waals surface area contributed by atoms with Crippen LogP contribution in [0.5, 0.6) is 0 Å². The molecule has 0 aromatic heterocycles. The van der Waals surface area contributed by atoms with Crippen molar-refractivity contribution in [2.24, 2.45) is 11.1 Å². The van der Waals surface area contributed by atoms with Gasteiger partial charge in [-0.05, 0) is 25.8 Å². The maximum absolute atomic E-state index is 14.0. The Labute approximate surface area is 111 Å². The molecular weight excluding hydrogens is 252 g/mol. The Morgan fingerprint density at radius 2 is 2.00 bits per heavy atom. The lowest BCUT2D eigenvalue weighted by atomic mass is 9.64. The molecule has 1 aliphatic heterocycles. The van der Waals surface area contributed by atoms with E-state index in [0.717, 1.165) is 6.07 Å². The van der Waals surface area contributed by atoms with Crippen LogP contribution in [0.3, 0.4) is 0 Å². The lowest BCUT2D eigenvalue weighted by molar-refractivity contribution is -0.125. The maximum Gasteiger partial charge on any atom is 0.164 e. The summed E-state index contributed by atoms with van der Waals surface area (Å²) in [5, 5.41) is 10.8. The van der Waals surface area contributed by atoms with E-state index in [4.69, 9.17) is 10.5 Å². The Morgan fingerprint density at radius 3 is 2.58 bits per heavy atom. The van der Waals surface area contributed by atoms with Crippen molar-refractivity contribution in [3.05, 3.63) is 35.4 Å². The number of hydrogen-bond acceptors (Lipinski definition) is 3. The van der Waals surface area contributed by atoms with Gasteiger partial charge >= 0.3 is 0 Å². The molecule has 0 aliphatic carbocycles. The smallest absolute Gasteiger partial charge is 0.164 e. The van der Waals surface area contributed by atoms with Gasteiger partial charge in [-0.3, -0.25) is 0 Å². The van der Waals surface area contributed by atoms with Gasteiger partial charge in [0.15, 0.2) is 11.6 Å². The van der Waals surface area contributed by atoms with E-state index < -0.39 is 22.7 Å². The van der Waals surface area contributed by atoms with Gasteiger partial charge in [0.25, 0.3) is 0 Å². The van der Waals surface area contributed by atoms with Crippen molar-refractivity contribution in [3.63, 3.8) is 0 Å². The van der Waals surface area contributed by atoms with Gasteiger partial charge in [-0.1, -0.05) is 12.1 Å². The number of ether oxygens (including phenoxy) is 1. The summed E-state index contributed by atoms with van der Waals surface area (Å²) in [7, 11) is 0. The highest BCUT2D eigenvalue weighted by molar-refractivity contribution is 5.28. The zero-order chi connectivity index (χ0) is 14.1. The molecule has 1 heterocycles. The normalized spacial score (nSPS) is 21.9. The standard InChI is InChI=1S/C14H19F2NO2/c1-13(18,10-3-2-4-11(15)12(10)16)14(9-17)5-7-19-8-6-14/h2-4,18H,5-9,17H2,1H3. The van der Waals surface area contributed by atoms with E-state index >= 15 is 0 Å². The zero-order valence-electron chi connectivity index (χ0n) is 11.0. The number of rotatable bonds is 3. The van der Waals surface area contributed by atoms with Crippen molar-refractivity contribution in [3.8, 4) is 0 Å². The molecule has 19 heavy (non-hydrogen) atoms. The topological polar surface area (TPSA) is 55.5 Å². The largest absolute Gasteiger partial charge is 0.385 e. The predicted octanol–water partition coefficient (Wildman–Crippen LogP) is 1.93. The number of nitrogens with two attached hydrogens (primary N) is 1. The van der Waals surface area contributed by atoms with Crippen LogP contribution in [0.15, 0.2) is 18.2 Å². The van der Waals surface area contributed by atoms with Crippen molar-refractivity contribution in [1.82, 2.24) is 0 Å². The fourth-order valence-electron chi connectivity index (χ4n) is 2.82. The summed E-state index contributed by atoms with van der Waals surface area (Å²) in [6.07, 6.45) is 1.04. The minimum atomic E-state index is -1.53. The predicted molar refractivity (Wildman–Crippen MR) is 67.5 cm³/mol. The fourth-order valence-corrected chi connectivity index (χ4v) is 2.82. The van der Waals surface area contributed by atoms with Crippen molar-refractivity contribution in [2.45, 2.75) is 25.4 Å². The van der Waals surface area contributed by atoms with Gasteiger partial charge in [0.2, 0.25) is 0 Å². The molecule has 1 aliphatic rings. The van der Waals surface area contributed by atoms with Gasteiger partial charge < -0.3 is 15.6 Å². The van der Waals surface area contributed by atoms with Crippen LogP contribution in [0, 0.1) is 17.0 Å². The first-order valence-corrected chi connectivity index (χ1v) is 6.39. The number of hydrogen-bond donors (Lipinski definition) is 2. The van der Waals surface area contributed by atoms with E-state index in [1.54, 1.807) is 0 Å². The molecule has 1 unspecified atom stereocenters. The molecular formula is C14H19F2NO2. The molecule has 0 saturated carbocycles. The molecule has 0 amide bonds. The highest BCUT2D eigenvalue weighted by atomic mass is 19.2. The molecule has 5 heteroatoms. The first-order chi connectivity index (χ1) is 8.94. The van der Waals surface area contributed by atoms with Crippen LogP contribution in [0.4, 0.5) is 8.78 Å². The van der Waals surface area contributed by atoms with E-state index in [9.17, 15) is 13.9 Å². The second kappa shape index (κ2) is 5.15. The monoisotopic (exact) mass is 271 g/mol. The van der Waals surface area contributed by atoms with Crippen LogP contribution in [0.2, 0.25) is 0 Å². The zero-order valence-corrected chi connectivity index (χ0v) is 11.0. The molecule has 1 fully saturated rings. The van der Waals surface area contributed by atoms with E-state index in [1.165, 1.54) is 19.1 Å². The Morgan fingerprint density at radius 1 is 1.37 bits per heavy atom. The van der Waals surface area contributed by atoms with Crippen molar-refractivity contribution >= 4 is 0 Å². The molecule has 1 aromatic carbocycles. The van der Waals surface area contributed by atoms with Crippen LogP contribution in [-0.4, -0.2) is 24.9 Å². The third kappa shape index (κ3) is 2.26. The average molecular weight is 271 g/mol. The van der Waals surface area contributed by atoms with Crippen LogP contribution in [0.1, 0.15) is 25.3 Å². The summed E-state index contributed by atoms with van der Waals surface area (Å²) < 4.78 is 32.6. The van der Waals surface area contributed by atoms with Crippen LogP contribution in [-0.2, 0) is 10.3 Å². The molecule has 0 spiro atoms. The van der Waals surface area contributed by atoms with Crippen molar-refractivity contribution < 1.29 is 18.6 Å². The molecule has 0 bridgehead atoms. The van der Waals surface area contributed by atoms with Crippen LogP contribution in [0.25, 0.3) is 0 Å². The number of benzene rings is 1. The molecule has 1 saturated heterocycles. The van der Waals surface area contributed by atoms with E-state index in [-0.39, 0.29) is 12.1 Å². The lowest BCUT2D eigenvalue weighted by Crippen LogP contribution is -2.52. The highest BCUT2D eigenvalue weighted by Crippen LogP contribution is 2.47. The average Bonchev–Trinajstić information content (AvgIpc) is 2.42. The minimum absolute atomic E-state index is 0.0418. The Balaban J connectivity index is 2.47. The maximum atomic E-state index is 14.0. The van der Waals surface area contributed by atoms with Crippen molar-refractivity contribution in [1.29, 1.82) is 0 Å². The summed E-state index contributed by atoms with van der Waals surface area (Å²) in [6.45, 7) is 2.62. The molecule has 106 valence electrons. The lowest BCUT2D eigenvalue weighted by Gasteiger charge is -2.47. The Kier molecular flexibility index (Phi) is 3.90. The summed E-state index contributed by atoms with van der Waals surface area (Å²) in [5.41, 5.74) is 3.55. The number of aliphatic hydroxyl groups is 1. The van der Waals surface area contributed by atoms with E-state index in [1.807, 2.05) is 0 Å². The highest BCUT2D eigenvalue weighted by Gasteiger charge is 2.49. The minimum Gasteiger partial charge on any atom is -0.385 e.